The molecule has 2 amide bonds. The van der Waals surface area contributed by atoms with Gasteiger partial charge in [0, 0.05) is 23.7 Å². The molecule has 2 saturated heterocycles. The summed E-state index contributed by atoms with van der Waals surface area (Å²) in [6.07, 6.45) is 7.15. The van der Waals surface area contributed by atoms with Gasteiger partial charge in [0.2, 0.25) is 0 Å². The topological polar surface area (TPSA) is 32.3 Å². The summed E-state index contributed by atoms with van der Waals surface area (Å²) < 4.78 is 0. The summed E-state index contributed by atoms with van der Waals surface area (Å²) in [6.45, 7) is 0.569. The summed E-state index contributed by atoms with van der Waals surface area (Å²) in [5.41, 5.74) is 4.43. The van der Waals surface area contributed by atoms with Crippen LogP contribution in [0.5, 0.6) is 0 Å². The van der Waals surface area contributed by atoms with Gasteiger partial charge in [0.05, 0.1) is 0 Å². The van der Waals surface area contributed by atoms with Crippen molar-refractivity contribution in [1.29, 1.82) is 0 Å². The monoisotopic (exact) mass is 316 g/mol. The lowest BCUT2D eigenvalue weighted by Gasteiger charge is -2.36. The smallest absolute Gasteiger partial charge is 0.318 e. The lowest BCUT2D eigenvalue weighted by Crippen LogP contribution is -2.49. The van der Waals surface area contributed by atoms with Crippen molar-refractivity contribution in [2.24, 2.45) is 0 Å². The van der Waals surface area contributed by atoms with Crippen LogP contribution >= 0.6 is 11.6 Å². The van der Waals surface area contributed by atoms with Crippen LogP contribution in [0.25, 0.3) is 0 Å². The van der Waals surface area contributed by atoms with E-state index >= 15 is 0 Å². The van der Waals surface area contributed by atoms with E-state index in [2.05, 4.69) is 10.2 Å². The number of urea groups is 1. The highest BCUT2D eigenvalue weighted by molar-refractivity contribution is 6.30. The van der Waals surface area contributed by atoms with Gasteiger partial charge in [0.25, 0.3) is 0 Å². The number of piperidine rings is 1. The minimum absolute atomic E-state index is 0.0993. The fraction of sp³-hybridized carbons (Fsp3) is 0.500. The molecule has 3 nitrogen and oxygen atoms in total. The van der Waals surface area contributed by atoms with E-state index in [0.717, 1.165) is 36.3 Å². The highest BCUT2D eigenvalue weighted by Gasteiger charge is 2.42. The summed E-state index contributed by atoms with van der Waals surface area (Å²) in [6, 6.07) is 8.59. The number of hydrogen-bond donors (Lipinski definition) is 1. The highest BCUT2D eigenvalue weighted by Crippen LogP contribution is 2.44. The Balaban J connectivity index is 1.39. The summed E-state index contributed by atoms with van der Waals surface area (Å²) in [4.78, 5) is 14.7. The number of hydrogen-bond acceptors (Lipinski definition) is 1. The summed E-state index contributed by atoms with van der Waals surface area (Å²) in [5, 5.41) is 3.80. The third-order valence-electron chi connectivity index (χ3n) is 5.18. The van der Waals surface area contributed by atoms with Gasteiger partial charge in [-0.05, 0) is 56.2 Å². The SMILES string of the molecule is O=C(NCc1ccc(Cl)cc1)N1C2CCC1CC(=C1CC1)C2. The second-order valence-corrected chi connectivity index (χ2v) is 7.13. The first-order valence-electron chi connectivity index (χ1n) is 8.21. The number of nitrogens with zero attached hydrogens (tertiary/aromatic N) is 1. The van der Waals surface area contributed by atoms with Gasteiger partial charge in [-0.1, -0.05) is 34.9 Å². The normalized spacial score (nSPS) is 26.3. The maximum Gasteiger partial charge on any atom is 0.318 e. The van der Waals surface area contributed by atoms with Crippen molar-refractivity contribution in [3.8, 4) is 0 Å². The van der Waals surface area contributed by atoms with E-state index in [9.17, 15) is 4.79 Å². The van der Waals surface area contributed by atoms with E-state index in [1.807, 2.05) is 24.3 Å². The lowest BCUT2D eigenvalue weighted by molar-refractivity contribution is 0.160. The maximum absolute atomic E-state index is 12.6. The van der Waals surface area contributed by atoms with Crippen LogP contribution in [-0.4, -0.2) is 23.0 Å². The van der Waals surface area contributed by atoms with Gasteiger partial charge in [0.15, 0.2) is 0 Å². The van der Waals surface area contributed by atoms with E-state index in [1.54, 1.807) is 11.1 Å². The van der Waals surface area contributed by atoms with Crippen LogP contribution < -0.4 is 5.32 Å². The molecule has 0 spiro atoms. The molecule has 1 N–H and O–H groups in total. The fourth-order valence-electron chi connectivity index (χ4n) is 3.92. The highest BCUT2D eigenvalue weighted by atomic mass is 35.5. The molecule has 3 aliphatic rings. The molecule has 1 saturated carbocycles. The number of amides is 2. The summed E-state index contributed by atoms with van der Waals surface area (Å²) in [5.74, 6) is 0. The number of carbonyl (C=O) groups excluding carboxylic acids is 1. The molecule has 4 heteroatoms. The Bertz CT molecular complexity index is 600. The molecule has 1 aliphatic carbocycles. The van der Waals surface area contributed by atoms with Crippen molar-refractivity contribution in [3.63, 3.8) is 0 Å². The minimum Gasteiger partial charge on any atom is -0.334 e. The number of fused-ring (bicyclic) bond motifs is 2. The zero-order valence-electron chi connectivity index (χ0n) is 12.6. The van der Waals surface area contributed by atoms with Crippen LogP contribution in [0.1, 0.15) is 44.1 Å². The first-order chi connectivity index (χ1) is 10.7. The van der Waals surface area contributed by atoms with Gasteiger partial charge in [-0.25, -0.2) is 4.79 Å². The standard InChI is InChI=1S/C18H21ClN2O/c19-15-5-1-12(2-6-15)11-20-18(22)21-16-7-8-17(21)10-14(9-16)13-3-4-13/h1-2,5-6,16-17H,3-4,7-11H2,(H,20,22). The van der Waals surface area contributed by atoms with Crippen molar-refractivity contribution >= 4 is 17.6 Å². The van der Waals surface area contributed by atoms with Gasteiger partial charge in [0.1, 0.15) is 0 Å². The molecule has 4 rings (SSSR count). The second kappa shape index (κ2) is 5.62. The molecule has 116 valence electrons. The molecule has 2 bridgehead atoms. The predicted octanol–water partition coefficient (Wildman–Crippen LogP) is 4.27. The largest absolute Gasteiger partial charge is 0.334 e. The Hall–Kier alpha value is -1.48. The van der Waals surface area contributed by atoms with Crippen molar-refractivity contribution < 1.29 is 4.79 Å². The zero-order chi connectivity index (χ0) is 15.1. The van der Waals surface area contributed by atoms with E-state index in [1.165, 1.54) is 12.8 Å². The summed E-state index contributed by atoms with van der Waals surface area (Å²) in [7, 11) is 0. The maximum atomic E-state index is 12.6. The van der Waals surface area contributed by atoms with Gasteiger partial charge in [-0.2, -0.15) is 0 Å². The van der Waals surface area contributed by atoms with Crippen LogP contribution in [0.4, 0.5) is 4.79 Å². The van der Waals surface area contributed by atoms with Gasteiger partial charge >= 0.3 is 6.03 Å². The molecule has 1 aromatic carbocycles. The van der Waals surface area contributed by atoms with Crippen molar-refractivity contribution in [2.75, 3.05) is 0 Å². The molecular weight excluding hydrogens is 296 g/mol. The minimum atomic E-state index is 0.0993. The van der Waals surface area contributed by atoms with E-state index in [0.29, 0.717) is 18.6 Å². The van der Waals surface area contributed by atoms with Crippen molar-refractivity contribution in [3.05, 3.63) is 46.0 Å². The molecule has 2 atom stereocenters. The molecule has 0 aromatic heterocycles. The van der Waals surface area contributed by atoms with E-state index < -0.39 is 0 Å². The van der Waals surface area contributed by atoms with Crippen LogP contribution in [0, 0.1) is 0 Å². The number of rotatable bonds is 2. The van der Waals surface area contributed by atoms with Gasteiger partial charge < -0.3 is 10.2 Å². The molecular formula is C18H21ClN2O. The second-order valence-electron chi connectivity index (χ2n) is 6.69. The lowest BCUT2D eigenvalue weighted by atomic mass is 9.96. The molecule has 3 fully saturated rings. The van der Waals surface area contributed by atoms with E-state index in [4.69, 9.17) is 11.6 Å². The fourth-order valence-corrected chi connectivity index (χ4v) is 4.05. The Morgan fingerprint density at radius 1 is 1.09 bits per heavy atom. The number of allylic oxidation sites excluding steroid dienone is 1. The molecule has 2 aliphatic heterocycles. The average Bonchev–Trinajstić information content (AvgIpc) is 3.32. The molecule has 2 heterocycles. The Morgan fingerprint density at radius 3 is 2.32 bits per heavy atom. The van der Waals surface area contributed by atoms with Crippen LogP contribution in [0.2, 0.25) is 5.02 Å². The first kappa shape index (κ1) is 14.1. The van der Waals surface area contributed by atoms with Crippen molar-refractivity contribution in [2.45, 2.75) is 57.2 Å². The quantitative estimate of drug-likeness (QED) is 0.812. The molecule has 2 unspecified atom stereocenters. The predicted molar refractivity (Wildman–Crippen MR) is 87.8 cm³/mol. The number of carbonyl (C=O) groups is 1. The number of benzene rings is 1. The zero-order valence-corrected chi connectivity index (χ0v) is 13.4. The Morgan fingerprint density at radius 2 is 1.73 bits per heavy atom. The van der Waals surface area contributed by atoms with E-state index in [-0.39, 0.29) is 6.03 Å². The summed E-state index contributed by atoms with van der Waals surface area (Å²) >= 11 is 5.89. The third kappa shape index (κ3) is 2.74. The van der Waals surface area contributed by atoms with Crippen LogP contribution in [0.3, 0.4) is 0 Å². The Labute approximate surface area is 136 Å². The molecule has 0 radical (unpaired) electrons. The van der Waals surface area contributed by atoms with Crippen LogP contribution in [0.15, 0.2) is 35.4 Å². The van der Waals surface area contributed by atoms with Gasteiger partial charge in [-0.15, -0.1) is 0 Å². The molecule has 1 aromatic rings. The average molecular weight is 317 g/mol. The van der Waals surface area contributed by atoms with Crippen molar-refractivity contribution in [1.82, 2.24) is 10.2 Å². The van der Waals surface area contributed by atoms with Crippen LogP contribution in [-0.2, 0) is 6.54 Å². The Kier molecular flexibility index (Phi) is 3.61. The molecule has 22 heavy (non-hydrogen) atoms. The third-order valence-corrected chi connectivity index (χ3v) is 5.43. The number of nitrogens with one attached hydrogen (secondary N) is 1. The first-order valence-corrected chi connectivity index (χ1v) is 8.59. The number of halogens is 1. The van der Waals surface area contributed by atoms with Gasteiger partial charge in [-0.3, -0.25) is 0 Å².